The average molecular weight is 460 g/mol. The van der Waals surface area contributed by atoms with Gasteiger partial charge < -0.3 is 14.0 Å². The summed E-state index contributed by atoms with van der Waals surface area (Å²) in [5, 5.41) is 0.567. The molecule has 0 unspecified atom stereocenters. The first kappa shape index (κ1) is 21.0. The van der Waals surface area contributed by atoms with Gasteiger partial charge in [0.15, 0.2) is 0 Å². The number of benzene rings is 1. The van der Waals surface area contributed by atoms with E-state index >= 15 is 0 Å². The molecule has 3 aliphatic rings. The van der Waals surface area contributed by atoms with Gasteiger partial charge in [-0.25, -0.2) is 4.79 Å². The van der Waals surface area contributed by atoms with Gasteiger partial charge in [0.05, 0.1) is 22.9 Å². The number of pyridine rings is 1. The van der Waals surface area contributed by atoms with Crippen LogP contribution < -0.4 is 10.3 Å². The smallest absolute Gasteiger partial charge is 0.344 e. The number of thioether (sulfide) groups is 1. The Kier molecular flexibility index (Phi) is 5.55. The van der Waals surface area contributed by atoms with Crippen molar-refractivity contribution in [2.24, 2.45) is 0 Å². The Morgan fingerprint density at radius 3 is 2.58 bits per heavy atom. The van der Waals surface area contributed by atoms with Crippen LogP contribution in [0.25, 0.3) is 11.3 Å². The van der Waals surface area contributed by atoms with Crippen LogP contribution in [0, 0.1) is 0 Å². The van der Waals surface area contributed by atoms with Gasteiger partial charge in [-0.1, -0.05) is 11.6 Å². The van der Waals surface area contributed by atoms with Crippen molar-refractivity contribution in [2.75, 3.05) is 0 Å². The van der Waals surface area contributed by atoms with Crippen molar-refractivity contribution in [1.82, 2.24) is 4.57 Å². The van der Waals surface area contributed by atoms with E-state index < -0.39 is 5.97 Å². The van der Waals surface area contributed by atoms with Crippen LogP contribution in [-0.2, 0) is 10.5 Å². The van der Waals surface area contributed by atoms with E-state index in [4.69, 9.17) is 21.1 Å². The fraction of sp³-hybridized carbons (Fsp3) is 0.500. The molecule has 2 heterocycles. The highest BCUT2D eigenvalue weighted by Crippen LogP contribution is 2.48. The molecule has 0 bridgehead atoms. The van der Waals surface area contributed by atoms with Gasteiger partial charge in [0, 0.05) is 22.3 Å². The van der Waals surface area contributed by atoms with Crippen LogP contribution >= 0.6 is 23.4 Å². The molecule has 1 aliphatic heterocycles. The summed E-state index contributed by atoms with van der Waals surface area (Å²) in [5.74, 6) is 0.856. The van der Waals surface area contributed by atoms with Crippen molar-refractivity contribution < 1.29 is 14.3 Å². The maximum atomic E-state index is 13.3. The standard InChI is InChI=1S/C24H26ClNO4S/c1-13(2)29-24(28)18-9-14-12-31-21-11-20(30-16-5-3-4-6-16)19(25)10-17(21)22(14)26(23(18)27)15-7-8-15/h9-11,13,15-16H,3-8,12H2,1-2H3. The molecule has 0 radical (unpaired) electrons. The number of halogens is 1. The molecule has 2 saturated carbocycles. The first-order chi connectivity index (χ1) is 14.9. The zero-order valence-corrected chi connectivity index (χ0v) is 19.4. The van der Waals surface area contributed by atoms with Gasteiger partial charge >= 0.3 is 5.97 Å². The largest absolute Gasteiger partial charge is 0.489 e. The van der Waals surface area contributed by atoms with Crippen LogP contribution in [0.3, 0.4) is 0 Å². The number of hydrogen-bond donors (Lipinski definition) is 0. The number of aromatic nitrogens is 1. The quantitative estimate of drug-likeness (QED) is 0.513. The molecule has 2 aliphatic carbocycles. The fourth-order valence-electron chi connectivity index (χ4n) is 4.48. The topological polar surface area (TPSA) is 57.5 Å². The molecular formula is C24H26ClNO4S. The van der Waals surface area contributed by atoms with Crippen LogP contribution in [0.1, 0.15) is 74.3 Å². The average Bonchev–Trinajstić information content (AvgIpc) is 3.43. The van der Waals surface area contributed by atoms with Gasteiger partial charge in [-0.2, -0.15) is 0 Å². The predicted octanol–water partition coefficient (Wildman–Crippen LogP) is 6.00. The van der Waals surface area contributed by atoms with Crippen molar-refractivity contribution in [3.63, 3.8) is 0 Å². The molecule has 1 aromatic heterocycles. The molecule has 5 rings (SSSR count). The molecule has 1 aromatic carbocycles. The lowest BCUT2D eigenvalue weighted by molar-refractivity contribution is 0.0375. The van der Waals surface area contributed by atoms with Crippen LogP contribution in [0.5, 0.6) is 5.75 Å². The van der Waals surface area contributed by atoms with Crippen LogP contribution in [0.2, 0.25) is 5.02 Å². The minimum absolute atomic E-state index is 0.121. The van der Waals surface area contributed by atoms with Crippen LogP contribution in [0.15, 0.2) is 27.9 Å². The van der Waals surface area contributed by atoms with Crippen molar-refractivity contribution in [1.29, 1.82) is 0 Å². The van der Waals surface area contributed by atoms with Crippen molar-refractivity contribution in [3.05, 3.63) is 44.7 Å². The minimum atomic E-state index is -0.550. The van der Waals surface area contributed by atoms with Crippen LogP contribution in [-0.4, -0.2) is 22.7 Å². The van der Waals surface area contributed by atoms with Crippen molar-refractivity contribution in [2.45, 2.75) is 81.3 Å². The maximum Gasteiger partial charge on any atom is 0.344 e. The van der Waals surface area contributed by atoms with Gasteiger partial charge in [0.25, 0.3) is 5.56 Å². The third-order valence-electron chi connectivity index (χ3n) is 6.06. The second kappa shape index (κ2) is 8.21. The maximum absolute atomic E-state index is 13.3. The minimum Gasteiger partial charge on any atom is -0.489 e. The summed E-state index contributed by atoms with van der Waals surface area (Å²) in [4.78, 5) is 27.0. The number of esters is 1. The number of carbonyl (C=O) groups is 1. The normalized spacial score (nSPS) is 18.1. The molecular weight excluding hydrogens is 434 g/mol. The highest BCUT2D eigenvalue weighted by Gasteiger charge is 2.34. The summed E-state index contributed by atoms with van der Waals surface area (Å²) in [6.45, 7) is 3.57. The summed E-state index contributed by atoms with van der Waals surface area (Å²) >= 11 is 8.32. The Bertz CT molecular complexity index is 1100. The predicted molar refractivity (Wildman–Crippen MR) is 122 cm³/mol. The lowest BCUT2D eigenvalue weighted by atomic mass is 10.0. The molecule has 0 amide bonds. The highest BCUT2D eigenvalue weighted by molar-refractivity contribution is 7.98. The second-order valence-electron chi connectivity index (χ2n) is 8.88. The van der Waals surface area contributed by atoms with E-state index in [1.807, 2.05) is 12.1 Å². The lowest BCUT2D eigenvalue weighted by Gasteiger charge is -2.26. The Labute approximate surface area is 191 Å². The van der Waals surface area contributed by atoms with E-state index in [1.54, 1.807) is 36.2 Å². The molecule has 5 nitrogen and oxygen atoms in total. The summed E-state index contributed by atoms with van der Waals surface area (Å²) in [6.07, 6.45) is 6.37. The molecule has 0 saturated heterocycles. The number of hydrogen-bond acceptors (Lipinski definition) is 5. The van der Waals surface area contributed by atoms with Gasteiger partial charge in [0.2, 0.25) is 0 Å². The number of rotatable bonds is 5. The Morgan fingerprint density at radius 1 is 1.16 bits per heavy atom. The fourth-order valence-corrected chi connectivity index (χ4v) is 5.72. The van der Waals surface area contributed by atoms with Gasteiger partial charge in [-0.05, 0) is 76.1 Å². The summed E-state index contributed by atoms with van der Waals surface area (Å²) < 4.78 is 13.3. The Morgan fingerprint density at radius 2 is 1.90 bits per heavy atom. The Hall–Kier alpha value is -1.92. The molecule has 7 heteroatoms. The van der Waals surface area contributed by atoms with E-state index in [0.717, 1.165) is 53.1 Å². The van der Waals surface area contributed by atoms with Crippen LogP contribution in [0.4, 0.5) is 0 Å². The molecule has 0 atom stereocenters. The highest BCUT2D eigenvalue weighted by atomic mass is 35.5. The molecule has 31 heavy (non-hydrogen) atoms. The van der Waals surface area contributed by atoms with E-state index in [0.29, 0.717) is 10.8 Å². The number of ether oxygens (including phenoxy) is 2. The van der Waals surface area contributed by atoms with E-state index in [1.165, 1.54) is 12.8 Å². The van der Waals surface area contributed by atoms with Crippen molar-refractivity contribution in [3.8, 4) is 17.0 Å². The summed E-state index contributed by atoms with van der Waals surface area (Å²) in [6, 6.07) is 5.79. The molecule has 164 valence electrons. The molecule has 0 spiro atoms. The molecule has 2 fully saturated rings. The zero-order chi connectivity index (χ0) is 21.7. The summed E-state index contributed by atoms with van der Waals surface area (Å²) in [5.41, 5.74) is 2.66. The first-order valence-electron chi connectivity index (χ1n) is 11.0. The van der Waals surface area contributed by atoms with E-state index in [-0.39, 0.29) is 29.4 Å². The third kappa shape index (κ3) is 4.00. The van der Waals surface area contributed by atoms with E-state index in [2.05, 4.69) is 0 Å². The van der Waals surface area contributed by atoms with Gasteiger partial charge in [-0.3, -0.25) is 4.79 Å². The SMILES string of the molecule is CC(C)OC(=O)c1cc2c(n(C3CC3)c1=O)-c1cc(Cl)c(OC3CCCC3)cc1SC2. The van der Waals surface area contributed by atoms with Gasteiger partial charge in [-0.15, -0.1) is 11.8 Å². The lowest BCUT2D eigenvalue weighted by Crippen LogP contribution is -2.30. The third-order valence-corrected chi connectivity index (χ3v) is 7.46. The second-order valence-corrected chi connectivity index (χ2v) is 10.3. The monoisotopic (exact) mass is 459 g/mol. The molecule has 0 N–H and O–H groups in total. The molecule has 2 aromatic rings. The number of carbonyl (C=O) groups excluding carboxylic acids is 1. The Balaban J connectivity index is 1.60. The van der Waals surface area contributed by atoms with Gasteiger partial charge in [0.1, 0.15) is 11.3 Å². The first-order valence-corrected chi connectivity index (χ1v) is 12.4. The number of fused-ring (bicyclic) bond motifs is 3. The number of nitrogens with zero attached hydrogens (tertiary/aromatic N) is 1. The summed E-state index contributed by atoms with van der Waals surface area (Å²) in [7, 11) is 0. The van der Waals surface area contributed by atoms with E-state index in [9.17, 15) is 9.59 Å². The van der Waals surface area contributed by atoms with Crippen molar-refractivity contribution >= 4 is 29.3 Å². The zero-order valence-electron chi connectivity index (χ0n) is 17.8.